The van der Waals surface area contributed by atoms with Crippen LogP contribution in [0.15, 0.2) is 30.5 Å². The molecule has 0 aliphatic carbocycles. The van der Waals surface area contributed by atoms with Crippen LogP contribution in [0.5, 0.6) is 0 Å². The first-order chi connectivity index (χ1) is 7.91. The highest BCUT2D eigenvalue weighted by atomic mass is 16.4. The molecule has 1 atom stereocenters. The summed E-state index contributed by atoms with van der Waals surface area (Å²) < 4.78 is 0. The first-order valence-electron chi connectivity index (χ1n) is 5.69. The minimum Gasteiger partial charge on any atom is -0.465 e. The zero-order chi connectivity index (χ0) is 12.6. The van der Waals surface area contributed by atoms with E-state index in [1.807, 2.05) is 30.3 Å². The van der Waals surface area contributed by atoms with Crippen molar-refractivity contribution in [2.24, 2.45) is 5.41 Å². The molecular formula is C14H17NO2. The van der Waals surface area contributed by atoms with E-state index in [0.29, 0.717) is 0 Å². The molecule has 1 heterocycles. The Hall–Kier alpha value is -1.77. The molecule has 0 radical (unpaired) electrons. The van der Waals surface area contributed by atoms with Crippen molar-refractivity contribution in [2.45, 2.75) is 26.8 Å². The van der Waals surface area contributed by atoms with E-state index in [2.05, 4.69) is 20.8 Å². The van der Waals surface area contributed by atoms with Gasteiger partial charge in [0.1, 0.15) is 0 Å². The second kappa shape index (κ2) is 3.91. The summed E-state index contributed by atoms with van der Waals surface area (Å²) in [6.07, 6.45) is 2.60. The molecule has 1 aromatic carbocycles. The molecule has 2 rings (SSSR count). The Labute approximate surface area is 101 Å². The van der Waals surface area contributed by atoms with Crippen LogP contribution in [0.3, 0.4) is 0 Å². The summed E-state index contributed by atoms with van der Waals surface area (Å²) in [7, 11) is 0. The molecule has 1 N–H and O–H groups in total. The first-order valence-corrected chi connectivity index (χ1v) is 5.69. The number of benzene rings is 1. The summed E-state index contributed by atoms with van der Waals surface area (Å²) in [6.45, 7) is 6.18. The van der Waals surface area contributed by atoms with Crippen LogP contribution in [-0.2, 0) is 0 Å². The lowest BCUT2D eigenvalue weighted by atomic mass is 9.78. The topological polar surface area (TPSA) is 40.5 Å². The zero-order valence-corrected chi connectivity index (χ0v) is 10.3. The van der Waals surface area contributed by atoms with Crippen molar-refractivity contribution in [3.05, 3.63) is 41.6 Å². The third kappa shape index (κ3) is 2.05. The molecule has 1 aliphatic heterocycles. The summed E-state index contributed by atoms with van der Waals surface area (Å²) in [5.74, 6) is 0. The van der Waals surface area contributed by atoms with Crippen LogP contribution in [0, 0.1) is 5.41 Å². The normalized spacial score (nSPS) is 19.0. The van der Waals surface area contributed by atoms with E-state index in [9.17, 15) is 9.90 Å². The molecule has 1 amide bonds. The van der Waals surface area contributed by atoms with Gasteiger partial charge in [0, 0.05) is 6.20 Å². The molecule has 3 nitrogen and oxygen atoms in total. The minimum absolute atomic E-state index is 0.138. The van der Waals surface area contributed by atoms with Gasteiger partial charge >= 0.3 is 6.09 Å². The van der Waals surface area contributed by atoms with Crippen LogP contribution >= 0.6 is 0 Å². The largest absolute Gasteiger partial charge is 0.465 e. The van der Waals surface area contributed by atoms with E-state index in [-0.39, 0.29) is 11.5 Å². The van der Waals surface area contributed by atoms with Gasteiger partial charge in [0.25, 0.3) is 0 Å². The van der Waals surface area contributed by atoms with E-state index in [4.69, 9.17) is 0 Å². The number of carbonyl (C=O) groups is 1. The molecule has 17 heavy (non-hydrogen) atoms. The van der Waals surface area contributed by atoms with Gasteiger partial charge in [0.15, 0.2) is 0 Å². The Morgan fingerprint density at radius 1 is 1.29 bits per heavy atom. The molecular weight excluding hydrogens is 214 g/mol. The molecule has 0 saturated heterocycles. The Morgan fingerprint density at radius 3 is 2.53 bits per heavy atom. The monoisotopic (exact) mass is 231 g/mol. The van der Waals surface area contributed by atoms with Crippen molar-refractivity contribution in [3.8, 4) is 0 Å². The predicted octanol–water partition coefficient (Wildman–Crippen LogP) is 3.74. The zero-order valence-electron chi connectivity index (χ0n) is 10.3. The van der Waals surface area contributed by atoms with Crippen LogP contribution in [-0.4, -0.2) is 16.1 Å². The number of hydrogen-bond donors (Lipinski definition) is 1. The Kier molecular flexibility index (Phi) is 2.69. The quantitative estimate of drug-likeness (QED) is 0.739. The summed E-state index contributed by atoms with van der Waals surface area (Å²) >= 11 is 0. The van der Waals surface area contributed by atoms with Gasteiger partial charge in [-0.3, -0.25) is 4.90 Å². The van der Waals surface area contributed by atoms with Gasteiger partial charge in [-0.2, -0.15) is 0 Å². The summed E-state index contributed by atoms with van der Waals surface area (Å²) in [5.41, 5.74) is 2.04. The summed E-state index contributed by atoms with van der Waals surface area (Å²) in [6, 6.07) is 7.81. The fourth-order valence-corrected chi connectivity index (χ4v) is 2.37. The number of amides is 1. The van der Waals surface area contributed by atoms with Gasteiger partial charge in [-0.25, -0.2) is 4.79 Å². The van der Waals surface area contributed by atoms with E-state index in [0.717, 1.165) is 11.1 Å². The van der Waals surface area contributed by atoms with Crippen molar-refractivity contribution < 1.29 is 9.90 Å². The van der Waals surface area contributed by atoms with Crippen molar-refractivity contribution >= 4 is 12.2 Å². The Bertz CT molecular complexity index is 471. The molecule has 1 aliphatic rings. The number of carboxylic acid groups (broad SMARTS) is 1. The molecule has 0 spiro atoms. The highest BCUT2D eigenvalue weighted by Gasteiger charge is 2.36. The lowest BCUT2D eigenvalue weighted by Gasteiger charge is -2.40. The molecule has 0 saturated carbocycles. The van der Waals surface area contributed by atoms with Crippen molar-refractivity contribution in [3.63, 3.8) is 0 Å². The average molecular weight is 231 g/mol. The first kappa shape index (κ1) is 11.7. The maximum atomic E-state index is 11.3. The Morgan fingerprint density at radius 2 is 1.94 bits per heavy atom. The minimum atomic E-state index is -0.907. The predicted molar refractivity (Wildman–Crippen MR) is 67.5 cm³/mol. The van der Waals surface area contributed by atoms with Crippen molar-refractivity contribution in [1.82, 2.24) is 4.90 Å². The van der Waals surface area contributed by atoms with Gasteiger partial charge in [0.05, 0.1) is 6.04 Å². The second-order valence-corrected chi connectivity index (χ2v) is 5.40. The van der Waals surface area contributed by atoms with Gasteiger partial charge in [-0.1, -0.05) is 45.0 Å². The van der Waals surface area contributed by atoms with Gasteiger partial charge in [-0.15, -0.1) is 0 Å². The smallest absolute Gasteiger partial charge is 0.411 e. The average Bonchev–Trinajstić information content (AvgIpc) is 2.26. The number of nitrogens with zero attached hydrogens (tertiary/aromatic N) is 1. The fourth-order valence-electron chi connectivity index (χ4n) is 2.37. The van der Waals surface area contributed by atoms with Crippen LogP contribution in [0.25, 0.3) is 6.08 Å². The summed E-state index contributed by atoms with van der Waals surface area (Å²) in [4.78, 5) is 12.7. The maximum Gasteiger partial charge on any atom is 0.411 e. The highest BCUT2D eigenvalue weighted by molar-refractivity contribution is 5.72. The van der Waals surface area contributed by atoms with E-state index >= 15 is 0 Å². The van der Waals surface area contributed by atoms with Gasteiger partial charge < -0.3 is 5.11 Å². The molecule has 1 aromatic rings. The van der Waals surface area contributed by atoms with Gasteiger partial charge in [-0.05, 0) is 22.6 Å². The summed E-state index contributed by atoms with van der Waals surface area (Å²) in [5, 5.41) is 9.27. The van der Waals surface area contributed by atoms with Crippen LogP contribution < -0.4 is 0 Å². The van der Waals surface area contributed by atoms with Crippen molar-refractivity contribution in [1.29, 1.82) is 0 Å². The lowest BCUT2D eigenvalue weighted by molar-refractivity contribution is 0.110. The maximum absolute atomic E-state index is 11.3. The number of hydrogen-bond acceptors (Lipinski definition) is 1. The molecule has 3 heteroatoms. The third-order valence-corrected chi connectivity index (χ3v) is 3.02. The standard InChI is InChI=1S/C14H17NO2/c1-14(2,3)12-11-7-5-4-6-10(11)8-9-15(12)13(16)17/h4-9,12H,1-3H3,(H,16,17). The van der Waals surface area contributed by atoms with Crippen LogP contribution in [0.1, 0.15) is 37.9 Å². The van der Waals surface area contributed by atoms with Gasteiger partial charge in [0.2, 0.25) is 0 Å². The van der Waals surface area contributed by atoms with E-state index in [1.54, 1.807) is 6.20 Å². The lowest BCUT2D eigenvalue weighted by Crippen LogP contribution is -2.38. The second-order valence-electron chi connectivity index (χ2n) is 5.40. The Balaban J connectivity index is 2.56. The molecule has 1 unspecified atom stereocenters. The fraction of sp³-hybridized carbons (Fsp3) is 0.357. The number of fused-ring (bicyclic) bond motifs is 1. The highest BCUT2D eigenvalue weighted by Crippen LogP contribution is 2.42. The molecule has 0 fully saturated rings. The van der Waals surface area contributed by atoms with E-state index in [1.165, 1.54) is 4.90 Å². The molecule has 0 aromatic heterocycles. The van der Waals surface area contributed by atoms with Crippen LogP contribution in [0.4, 0.5) is 4.79 Å². The third-order valence-electron chi connectivity index (χ3n) is 3.02. The molecule has 90 valence electrons. The number of rotatable bonds is 0. The van der Waals surface area contributed by atoms with Crippen molar-refractivity contribution in [2.75, 3.05) is 0 Å². The molecule has 0 bridgehead atoms. The van der Waals surface area contributed by atoms with Crippen LogP contribution in [0.2, 0.25) is 0 Å². The SMILES string of the molecule is CC(C)(C)C1c2ccccc2C=CN1C(=O)O. The van der Waals surface area contributed by atoms with E-state index < -0.39 is 6.09 Å².